The lowest BCUT2D eigenvalue weighted by atomic mass is 9.94. The molecular weight excluding hydrogens is 494 g/mol. The fourth-order valence-electron chi connectivity index (χ4n) is 4.82. The van der Waals surface area contributed by atoms with E-state index in [9.17, 15) is 14.7 Å². The van der Waals surface area contributed by atoms with Gasteiger partial charge >= 0.3 is 0 Å². The molecule has 1 heterocycles. The van der Waals surface area contributed by atoms with Crippen molar-refractivity contribution in [2.45, 2.75) is 13.0 Å². The van der Waals surface area contributed by atoms with Gasteiger partial charge in [-0.2, -0.15) is 0 Å². The lowest BCUT2D eigenvalue weighted by molar-refractivity contribution is -0.132. The lowest BCUT2D eigenvalue weighted by Crippen LogP contribution is -2.30. The second-order valence-corrected chi connectivity index (χ2v) is 8.98. The van der Waals surface area contributed by atoms with Gasteiger partial charge in [0.05, 0.1) is 25.8 Å². The van der Waals surface area contributed by atoms with E-state index in [4.69, 9.17) is 14.2 Å². The van der Waals surface area contributed by atoms with Gasteiger partial charge in [-0.1, -0.05) is 54.6 Å². The summed E-state index contributed by atoms with van der Waals surface area (Å²) < 4.78 is 17.0. The van der Waals surface area contributed by atoms with Gasteiger partial charge in [0.25, 0.3) is 11.7 Å². The SMILES string of the molecule is COc1cccc(OC)c1/C(O)=C1\C(=O)C(=O)N(c2ccccc2C)C1c1cccc(Oc2ccccc2)c1. The first-order valence-electron chi connectivity index (χ1n) is 12.4. The molecule has 0 bridgehead atoms. The van der Waals surface area contributed by atoms with E-state index in [0.29, 0.717) is 34.2 Å². The van der Waals surface area contributed by atoms with Crippen molar-refractivity contribution in [1.29, 1.82) is 0 Å². The van der Waals surface area contributed by atoms with Gasteiger partial charge in [-0.05, 0) is 60.5 Å². The van der Waals surface area contributed by atoms with Crippen molar-refractivity contribution >= 4 is 23.1 Å². The van der Waals surface area contributed by atoms with Crippen LogP contribution in [0.3, 0.4) is 0 Å². The van der Waals surface area contributed by atoms with E-state index in [0.717, 1.165) is 5.56 Å². The van der Waals surface area contributed by atoms with Crippen LogP contribution in [0.25, 0.3) is 5.76 Å². The van der Waals surface area contributed by atoms with Crippen molar-refractivity contribution in [3.63, 3.8) is 0 Å². The predicted octanol–water partition coefficient (Wildman–Crippen LogP) is 6.43. The monoisotopic (exact) mass is 521 g/mol. The molecule has 0 spiro atoms. The molecule has 4 aromatic carbocycles. The number of rotatable bonds is 7. The number of ketones is 1. The zero-order valence-electron chi connectivity index (χ0n) is 21.8. The molecule has 0 saturated carbocycles. The number of hydrogen-bond acceptors (Lipinski definition) is 6. The average molecular weight is 522 g/mol. The largest absolute Gasteiger partial charge is 0.506 e. The van der Waals surface area contributed by atoms with E-state index in [1.54, 1.807) is 54.6 Å². The van der Waals surface area contributed by atoms with Crippen LogP contribution in [0.15, 0.2) is 103 Å². The minimum absolute atomic E-state index is 0.0806. The van der Waals surface area contributed by atoms with Gasteiger partial charge in [0.15, 0.2) is 0 Å². The Hall–Kier alpha value is -5.04. The number of nitrogens with zero attached hydrogens (tertiary/aromatic N) is 1. The second kappa shape index (κ2) is 10.8. The summed E-state index contributed by atoms with van der Waals surface area (Å²) in [5.41, 5.74) is 2.05. The van der Waals surface area contributed by atoms with Gasteiger partial charge in [-0.15, -0.1) is 0 Å². The molecule has 1 amide bonds. The zero-order chi connectivity index (χ0) is 27.5. The Labute approximate surface area is 226 Å². The number of Topliss-reactive ketones (excluding diaryl/α,β-unsaturated/α-hetero) is 1. The molecule has 1 N–H and O–H groups in total. The topological polar surface area (TPSA) is 85.3 Å². The van der Waals surface area contributed by atoms with Crippen LogP contribution in [0.4, 0.5) is 5.69 Å². The Morgan fingerprint density at radius 1 is 0.769 bits per heavy atom. The molecule has 5 rings (SSSR count). The van der Waals surface area contributed by atoms with E-state index in [-0.39, 0.29) is 11.1 Å². The first-order valence-corrected chi connectivity index (χ1v) is 12.4. The van der Waals surface area contributed by atoms with Gasteiger partial charge in [0, 0.05) is 5.69 Å². The molecule has 0 aliphatic carbocycles. The number of carbonyl (C=O) groups is 2. The molecule has 0 radical (unpaired) electrons. The van der Waals surface area contributed by atoms with E-state index in [1.807, 2.05) is 49.4 Å². The molecule has 0 aromatic heterocycles. The number of carbonyl (C=O) groups excluding carboxylic acids is 2. The Bertz CT molecular complexity index is 1550. The minimum atomic E-state index is -0.944. The number of hydrogen-bond donors (Lipinski definition) is 1. The van der Waals surface area contributed by atoms with Crippen LogP contribution in [0, 0.1) is 6.92 Å². The number of aliphatic hydroxyl groups is 1. The van der Waals surface area contributed by atoms with Crippen molar-refractivity contribution in [3.05, 3.63) is 119 Å². The molecule has 1 saturated heterocycles. The van der Waals surface area contributed by atoms with Crippen molar-refractivity contribution < 1.29 is 28.9 Å². The van der Waals surface area contributed by atoms with E-state index in [2.05, 4.69) is 0 Å². The van der Waals surface area contributed by atoms with Crippen molar-refractivity contribution in [2.75, 3.05) is 19.1 Å². The highest BCUT2D eigenvalue weighted by molar-refractivity contribution is 6.51. The normalized spacial score (nSPS) is 16.3. The molecule has 1 fully saturated rings. The summed E-state index contributed by atoms with van der Waals surface area (Å²) in [7, 11) is 2.92. The summed E-state index contributed by atoms with van der Waals surface area (Å²) in [6.45, 7) is 1.86. The number of methoxy groups -OCH3 is 2. The van der Waals surface area contributed by atoms with Crippen LogP contribution in [0.5, 0.6) is 23.0 Å². The summed E-state index contributed by atoms with van der Waals surface area (Å²) in [4.78, 5) is 28.7. The Kier molecular flexibility index (Phi) is 7.06. The van der Waals surface area contributed by atoms with Crippen LogP contribution >= 0.6 is 0 Å². The average Bonchev–Trinajstić information content (AvgIpc) is 3.23. The standard InChI is InChI=1S/C32H27NO6/c1-20-11-7-8-16-24(20)33-29(21-12-9-15-23(19-21)39-22-13-5-4-6-14-22)28(31(35)32(33)36)30(34)27-25(37-2)17-10-18-26(27)38-3/h4-19,29,34H,1-3H3/b30-28+. The van der Waals surface area contributed by atoms with Crippen LogP contribution in [0.2, 0.25) is 0 Å². The van der Waals surface area contributed by atoms with Gasteiger partial charge in [-0.25, -0.2) is 0 Å². The number of benzene rings is 4. The number of amides is 1. The maximum Gasteiger partial charge on any atom is 0.300 e. The van der Waals surface area contributed by atoms with E-state index in [1.165, 1.54) is 19.1 Å². The van der Waals surface area contributed by atoms with E-state index >= 15 is 0 Å². The number of aryl methyl sites for hydroxylation is 1. The number of para-hydroxylation sites is 2. The highest BCUT2D eigenvalue weighted by atomic mass is 16.5. The van der Waals surface area contributed by atoms with E-state index < -0.39 is 23.5 Å². The van der Waals surface area contributed by atoms with Crippen LogP contribution < -0.4 is 19.1 Å². The van der Waals surface area contributed by atoms with Crippen LogP contribution in [-0.2, 0) is 9.59 Å². The van der Waals surface area contributed by atoms with Crippen molar-refractivity contribution in [1.82, 2.24) is 0 Å². The molecule has 1 aliphatic heterocycles. The highest BCUT2D eigenvalue weighted by Gasteiger charge is 2.48. The van der Waals surface area contributed by atoms with Crippen LogP contribution in [0.1, 0.15) is 22.7 Å². The Morgan fingerprint density at radius 3 is 2.05 bits per heavy atom. The summed E-state index contributed by atoms with van der Waals surface area (Å²) in [5, 5.41) is 11.7. The van der Waals surface area contributed by atoms with Gasteiger partial charge in [0.1, 0.15) is 34.3 Å². The van der Waals surface area contributed by atoms with Gasteiger partial charge < -0.3 is 19.3 Å². The highest BCUT2D eigenvalue weighted by Crippen LogP contribution is 2.46. The number of aliphatic hydroxyl groups excluding tert-OH is 1. The molecule has 196 valence electrons. The molecule has 4 aromatic rings. The number of anilines is 1. The predicted molar refractivity (Wildman–Crippen MR) is 148 cm³/mol. The maximum atomic E-state index is 13.7. The Morgan fingerprint density at radius 2 is 1.38 bits per heavy atom. The molecule has 7 nitrogen and oxygen atoms in total. The van der Waals surface area contributed by atoms with Gasteiger partial charge in [-0.3, -0.25) is 14.5 Å². The molecule has 1 aliphatic rings. The third-order valence-electron chi connectivity index (χ3n) is 6.64. The third kappa shape index (κ3) is 4.70. The minimum Gasteiger partial charge on any atom is -0.506 e. The summed E-state index contributed by atoms with van der Waals surface area (Å²) in [6.07, 6.45) is 0. The molecular formula is C32H27NO6. The number of ether oxygens (including phenoxy) is 3. The molecule has 1 unspecified atom stereocenters. The fraction of sp³-hybridized carbons (Fsp3) is 0.125. The molecule has 39 heavy (non-hydrogen) atoms. The van der Waals surface area contributed by atoms with Crippen molar-refractivity contribution in [3.8, 4) is 23.0 Å². The maximum absolute atomic E-state index is 13.7. The summed E-state index contributed by atoms with van der Waals surface area (Å²) >= 11 is 0. The first-order chi connectivity index (χ1) is 18.9. The first kappa shape index (κ1) is 25.6. The smallest absolute Gasteiger partial charge is 0.300 e. The molecule has 1 atom stereocenters. The zero-order valence-corrected chi connectivity index (χ0v) is 21.8. The quantitative estimate of drug-likeness (QED) is 0.171. The third-order valence-corrected chi connectivity index (χ3v) is 6.64. The van der Waals surface area contributed by atoms with Crippen LogP contribution in [-0.4, -0.2) is 31.0 Å². The van der Waals surface area contributed by atoms with Crippen molar-refractivity contribution in [2.24, 2.45) is 0 Å². The van der Waals surface area contributed by atoms with Gasteiger partial charge in [0.2, 0.25) is 0 Å². The lowest BCUT2D eigenvalue weighted by Gasteiger charge is -2.27. The fourth-order valence-corrected chi connectivity index (χ4v) is 4.82. The molecule has 7 heteroatoms. The Balaban J connectivity index is 1.74. The second-order valence-electron chi connectivity index (χ2n) is 8.98. The summed E-state index contributed by atoms with van der Waals surface area (Å²) in [6, 6.07) is 27.8. The summed E-state index contributed by atoms with van der Waals surface area (Å²) in [5.74, 6) is -0.201.